The molecule has 5 aromatic heterocycles. The van der Waals surface area contributed by atoms with Crippen LogP contribution in [-0.2, 0) is 13.0 Å². The summed E-state index contributed by atoms with van der Waals surface area (Å²) in [5.74, 6) is 0.220. The SMILES string of the molecule is CCc1ccc(-c2nccc3[nH]c(-c4[nH]nc5c(F)cc(-c6cncc(CN7CCCCC7)c6)cc45)nc23)s1. The predicted octanol–water partition coefficient (Wildman–Crippen LogP) is 6.98. The molecule has 196 valence electrons. The number of hydrogen-bond acceptors (Lipinski definition) is 6. The molecule has 1 aliphatic heterocycles. The third kappa shape index (κ3) is 4.51. The monoisotopic (exact) mass is 537 g/mol. The number of rotatable bonds is 6. The first-order valence-electron chi connectivity index (χ1n) is 13.4. The van der Waals surface area contributed by atoms with E-state index >= 15 is 4.39 Å². The van der Waals surface area contributed by atoms with Gasteiger partial charge in [0.1, 0.15) is 22.4 Å². The Morgan fingerprint density at radius 3 is 2.74 bits per heavy atom. The number of aromatic nitrogens is 6. The fourth-order valence-corrected chi connectivity index (χ4v) is 6.40. The minimum atomic E-state index is -0.379. The van der Waals surface area contributed by atoms with E-state index in [0.29, 0.717) is 16.9 Å². The Morgan fingerprint density at radius 1 is 1.00 bits per heavy atom. The maximum Gasteiger partial charge on any atom is 0.157 e. The molecule has 9 heteroatoms. The number of H-pyrrole nitrogens is 2. The summed E-state index contributed by atoms with van der Waals surface area (Å²) in [7, 11) is 0. The number of aromatic amines is 2. The minimum Gasteiger partial charge on any atom is -0.337 e. The Labute approximate surface area is 229 Å². The van der Waals surface area contributed by atoms with Crippen LogP contribution in [0.3, 0.4) is 0 Å². The maximum atomic E-state index is 15.3. The van der Waals surface area contributed by atoms with Gasteiger partial charge in [-0.05, 0) is 79.9 Å². The van der Waals surface area contributed by atoms with E-state index in [2.05, 4.69) is 55.2 Å². The van der Waals surface area contributed by atoms with Gasteiger partial charge in [-0.25, -0.2) is 9.37 Å². The Kier molecular flexibility index (Phi) is 6.17. The van der Waals surface area contributed by atoms with Gasteiger partial charge in [0.05, 0.1) is 10.4 Å². The number of piperidine rings is 1. The van der Waals surface area contributed by atoms with Crippen LogP contribution in [0, 0.1) is 5.82 Å². The van der Waals surface area contributed by atoms with Crippen LogP contribution in [0.5, 0.6) is 0 Å². The van der Waals surface area contributed by atoms with Crippen LogP contribution in [0.1, 0.15) is 36.6 Å². The van der Waals surface area contributed by atoms with Crippen molar-refractivity contribution < 1.29 is 4.39 Å². The van der Waals surface area contributed by atoms with Gasteiger partial charge in [-0.2, -0.15) is 5.10 Å². The lowest BCUT2D eigenvalue weighted by molar-refractivity contribution is 0.220. The highest BCUT2D eigenvalue weighted by atomic mass is 32.1. The van der Waals surface area contributed by atoms with E-state index in [1.54, 1.807) is 23.7 Å². The van der Waals surface area contributed by atoms with Crippen LogP contribution in [0.2, 0.25) is 0 Å². The second-order valence-electron chi connectivity index (χ2n) is 10.1. The van der Waals surface area contributed by atoms with Gasteiger partial charge < -0.3 is 4.98 Å². The van der Waals surface area contributed by atoms with Gasteiger partial charge in [0, 0.05) is 41.0 Å². The van der Waals surface area contributed by atoms with Crippen molar-refractivity contribution in [1.82, 2.24) is 35.0 Å². The number of nitrogens with zero attached hydrogens (tertiary/aromatic N) is 5. The lowest BCUT2D eigenvalue weighted by Gasteiger charge is -2.26. The molecule has 0 amide bonds. The first-order valence-corrected chi connectivity index (χ1v) is 14.3. The topological polar surface area (TPSA) is 86.4 Å². The molecule has 6 aromatic rings. The summed E-state index contributed by atoms with van der Waals surface area (Å²) in [4.78, 5) is 22.3. The fourth-order valence-electron chi connectivity index (χ4n) is 5.46. The molecule has 0 atom stereocenters. The van der Waals surface area contributed by atoms with Crippen molar-refractivity contribution in [2.75, 3.05) is 13.1 Å². The third-order valence-electron chi connectivity index (χ3n) is 7.48. The summed E-state index contributed by atoms with van der Waals surface area (Å²) in [5.41, 5.74) is 6.22. The predicted molar refractivity (Wildman–Crippen MR) is 154 cm³/mol. The molecule has 0 unspecified atom stereocenters. The fraction of sp³-hybridized carbons (Fsp3) is 0.267. The number of nitrogens with one attached hydrogen (secondary N) is 2. The highest BCUT2D eigenvalue weighted by molar-refractivity contribution is 7.15. The summed E-state index contributed by atoms with van der Waals surface area (Å²) >= 11 is 1.73. The number of benzene rings is 1. The second-order valence-corrected chi connectivity index (χ2v) is 11.3. The number of aryl methyl sites for hydroxylation is 1. The molecule has 0 radical (unpaired) electrons. The zero-order chi connectivity index (χ0) is 26.3. The number of hydrogen-bond donors (Lipinski definition) is 2. The van der Waals surface area contributed by atoms with Gasteiger partial charge >= 0.3 is 0 Å². The molecule has 39 heavy (non-hydrogen) atoms. The Hall–Kier alpha value is -3.95. The molecular formula is C30H28FN7S. The van der Waals surface area contributed by atoms with Crippen molar-refractivity contribution >= 4 is 33.3 Å². The van der Waals surface area contributed by atoms with Crippen molar-refractivity contribution in [3.05, 3.63) is 71.2 Å². The lowest BCUT2D eigenvalue weighted by Crippen LogP contribution is -2.29. The molecule has 1 saturated heterocycles. The third-order valence-corrected chi connectivity index (χ3v) is 8.71. The average molecular weight is 538 g/mol. The van der Waals surface area contributed by atoms with Crippen LogP contribution in [0.25, 0.3) is 55.2 Å². The summed E-state index contributed by atoms with van der Waals surface area (Å²) < 4.78 is 15.3. The first kappa shape index (κ1) is 24.1. The second kappa shape index (κ2) is 9.98. The zero-order valence-electron chi connectivity index (χ0n) is 21.7. The molecule has 0 aliphatic carbocycles. The van der Waals surface area contributed by atoms with Crippen molar-refractivity contribution in [3.63, 3.8) is 0 Å². The van der Waals surface area contributed by atoms with Crippen LogP contribution in [-0.4, -0.2) is 48.1 Å². The standard InChI is InChI=1S/C30H28FN7S/c1-2-21-6-7-25(39-21)29-28-24(8-9-33-29)34-30(35-28)27-22-13-19(14-23(31)26(22)36-37-27)20-12-18(15-32-16-20)17-38-10-4-3-5-11-38/h6-9,12-16H,2-5,10-11,17H2,1H3,(H,34,35)(H,36,37). The van der Waals surface area contributed by atoms with Crippen molar-refractivity contribution in [1.29, 1.82) is 0 Å². The highest BCUT2D eigenvalue weighted by Gasteiger charge is 2.19. The molecule has 7 rings (SSSR count). The van der Waals surface area contributed by atoms with Crippen LogP contribution in [0.15, 0.2) is 55.0 Å². The van der Waals surface area contributed by atoms with E-state index in [1.165, 1.54) is 30.2 Å². The summed E-state index contributed by atoms with van der Waals surface area (Å²) in [6.07, 6.45) is 10.3. The zero-order valence-corrected chi connectivity index (χ0v) is 22.5. The van der Waals surface area contributed by atoms with Crippen LogP contribution < -0.4 is 0 Å². The number of fused-ring (bicyclic) bond motifs is 2. The number of imidazole rings is 1. The molecule has 0 saturated carbocycles. The number of pyridine rings is 2. The van der Waals surface area contributed by atoms with E-state index in [-0.39, 0.29) is 11.3 Å². The minimum absolute atomic E-state index is 0.288. The van der Waals surface area contributed by atoms with Crippen LogP contribution in [0.4, 0.5) is 4.39 Å². The Morgan fingerprint density at radius 2 is 1.90 bits per heavy atom. The molecule has 1 fully saturated rings. The molecule has 1 aromatic carbocycles. The summed E-state index contributed by atoms with van der Waals surface area (Å²) in [6, 6.07) is 11.8. The van der Waals surface area contributed by atoms with Gasteiger partial charge in [0.15, 0.2) is 11.6 Å². The van der Waals surface area contributed by atoms with E-state index in [9.17, 15) is 0 Å². The lowest BCUT2D eigenvalue weighted by atomic mass is 10.0. The van der Waals surface area contributed by atoms with E-state index < -0.39 is 0 Å². The van der Waals surface area contributed by atoms with Gasteiger partial charge in [-0.1, -0.05) is 13.3 Å². The smallest absolute Gasteiger partial charge is 0.157 e. The van der Waals surface area contributed by atoms with Gasteiger partial charge in [0.2, 0.25) is 0 Å². The number of likely N-dealkylation sites (tertiary alicyclic amines) is 1. The molecule has 1 aliphatic rings. The molecule has 0 bridgehead atoms. The van der Waals surface area contributed by atoms with Gasteiger partial charge in [0.25, 0.3) is 0 Å². The maximum absolute atomic E-state index is 15.3. The molecular weight excluding hydrogens is 509 g/mol. The van der Waals surface area contributed by atoms with Crippen molar-refractivity contribution in [3.8, 4) is 33.2 Å². The highest BCUT2D eigenvalue weighted by Crippen LogP contribution is 2.35. The first-order chi connectivity index (χ1) is 19.2. The summed E-state index contributed by atoms with van der Waals surface area (Å²) in [5, 5.41) is 7.99. The average Bonchev–Trinajstić information content (AvgIpc) is 3.71. The van der Waals surface area contributed by atoms with E-state index in [4.69, 9.17) is 4.98 Å². The van der Waals surface area contributed by atoms with Gasteiger partial charge in [-0.3, -0.25) is 20.0 Å². The Balaban J connectivity index is 1.28. The van der Waals surface area contributed by atoms with Crippen molar-refractivity contribution in [2.24, 2.45) is 0 Å². The summed E-state index contributed by atoms with van der Waals surface area (Å²) in [6.45, 7) is 5.24. The Bertz CT molecular complexity index is 1790. The number of thiophene rings is 1. The van der Waals surface area contributed by atoms with Gasteiger partial charge in [-0.15, -0.1) is 11.3 Å². The van der Waals surface area contributed by atoms with E-state index in [0.717, 1.165) is 64.3 Å². The molecule has 0 spiro atoms. The molecule has 7 nitrogen and oxygen atoms in total. The normalized spacial score (nSPS) is 14.5. The van der Waals surface area contributed by atoms with Crippen LogP contribution >= 0.6 is 11.3 Å². The molecule has 6 heterocycles. The molecule has 2 N–H and O–H groups in total. The number of halogens is 1. The quantitative estimate of drug-likeness (QED) is 0.239. The largest absolute Gasteiger partial charge is 0.337 e. The van der Waals surface area contributed by atoms with E-state index in [1.807, 2.05) is 18.3 Å². The van der Waals surface area contributed by atoms with Crippen molar-refractivity contribution in [2.45, 2.75) is 39.2 Å².